The molecule has 0 aliphatic heterocycles. The van der Waals surface area contributed by atoms with Gasteiger partial charge in [0.2, 0.25) is 0 Å². The lowest BCUT2D eigenvalue weighted by molar-refractivity contribution is -0.137. The van der Waals surface area contributed by atoms with Gasteiger partial charge in [-0.15, -0.1) is 0 Å². The average Bonchev–Trinajstić information content (AvgIpc) is 3.19. The van der Waals surface area contributed by atoms with Gasteiger partial charge < -0.3 is 15.7 Å². The van der Waals surface area contributed by atoms with Crippen molar-refractivity contribution in [2.45, 2.75) is 57.0 Å². The standard InChI is InChI=1S/C21H25F3N4O3/c1-12(13-3-5-14(6-4-13)21(22,23)24)28-18(11-17(27-28)19(30)25-2)20(31)26-15-7-9-16(29)10-8-15/h3-6,11-12,15-16,29H,7-10H2,1-2H3,(H,25,30)(H,26,31)/t12-,15?,16?/m0/s1. The summed E-state index contributed by atoms with van der Waals surface area (Å²) < 4.78 is 39.9. The highest BCUT2D eigenvalue weighted by molar-refractivity contribution is 5.98. The van der Waals surface area contributed by atoms with E-state index in [-0.39, 0.29) is 23.5 Å². The van der Waals surface area contributed by atoms with Crippen LogP contribution < -0.4 is 10.6 Å². The molecule has 0 unspecified atom stereocenters. The smallest absolute Gasteiger partial charge is 0.393 e. The number of nitrogens with one attached hydrogen (secondary N) is 2. The van der Waals surface area contributed by atoms with Crippen LogP contribution in [0.2, 0.25) is 0 Å². The van der Waals surface area contributed by atoms with Gasteiger partial charge >= 0.3 is 6.18 Å². The van der Waals surface area contributed by atoms with Gasteiger partial charge in [0.05, 0.1) is 17.7 Å². The van der Waals surface area contributed by atoms with Crippen molar-refractivity contribution in [2.24, 2.45) is 0 Å². The third-order valence-corrected chi connectivity index (χ3v) is 5.55. The molecule has 1 heterocycles. The van der Waals surface area contributed by atoms with Crippen LogP contribution in [0, 0.1) is 0 Å². The van der Waals surface area contributed by atoms with Gasteiger partial charge in [-0.25, -0.2) is 0 Å². The van der Waals surface area contributed by atoms with Gasteiger partial charge in [0.1, 0.15) is 5.69 Å². The largest absolute Gasteiger partial charge is 0.416 e. The molecule has 0 bridgehead atoms. The van der Waals surface area contributed by atoms with Gasteiger partial charge in [0.15, 0.2) is 5.69 Å². The topological polar surface area (TPSA) is 96.3 Å². The Labute approximate surface area is 177 Å². The number of benzene rings is 1. The summed E-state index contributed by atoms with van der Waals surface area (Å²) in [6, 6.07) is 5.28. The van der Waals surface area contributed by atoms with Crippen molar-refractivity contribution >= 4 is 11.8 Å². The fraction of sp³-hybridized carbons (Fsp3) is 0.476. The number of carbonyl (C=O) groups excluding carboxylic acids is 2. The Kier molecular flexibility index (Phi) is 6.68. The van der Waals surface area contributed by atoms with Gasteiger partial charge in [-0.2, -0.15) is 18.3 Å². The highest BCUT2D eigenvalue weighted by Crippen LogP contribution is 2.30. The van der Waals surface area contributed by atoms with E-state index in [0.717, 1.165) is 12.1 Å². The summed E-state index contributed by atoms with van der Waals surface area (Å²) in [5, 5.41) is 19.2. The molecule has 1 aliphatic carbocycles. The summed E-state index contributed by atoms with van der Waals surface area (Å²) >= 11 is 0. The van der Waals surface area contributed by atoms with Crippen LogP contribution in [0.4, 0.5) is 13.2 Å². The second-order valence-corrected chi connectivity index (χ2v) is 7.71. The highest BCUT2D eigenvalue weighted by Gasteiger charge is 2.31. The molecule has 0 radical (unpaired) electrons. The zero-order chi connectivity index (χ0) is 22.8. The van der Waals surface area contributed by atoms with E-state index in [9.17, 15) is 27.9 Å². The normalized spacial score (nSPS) is 20.2. The van der Waals surface area contributed by atoms with Gasteiger partial charge in [-0.3, -0.25) is 14.3 Å². The first-order chi connectivity index (χ1) is 14.6. The number of aromatic nitrogens is 2. The van der Waals surface area contributed by atoms with Gasteiger partial charge in [0.25, 0.3) is 11.8 Å². The Balaban J connectivity index is 1.88. The Morgan fingerprint density at radius 3 is 2.29 bits per heavy atom. The van der Waals surface area contributed by atoms with E-state index in [4.69, 9.17) is 0 Å². The predicted octanol–water partition coefficient (Wildman–Crippen LogP) is 2.90. The summed E-state index contributed by atoms with van der Waals surface area (Å²) in [5.74, 6) is -0.906. The van der Waals surface area contributed by atoms with Crippen molar-refractivity contribution < 1.29 is 27.9 Å². The first-order valence-corrected chi connectivity index (χ1v) is 10.1. The Morgan fingerprint density at radius 2 is 1.74 bits per heavy atom. The maximum absolute atomic E-state index is 12.9. The van der Waals surface area contributed by atoms with Gasteiger partial charge in [-0.05, 0) is 50.3 Å². The number of nitrogens with zero attached hydrogens (tertiary/aromatic N) is 2. The maximum atomic E-state index is 12.9. The lowest BCUT2D eigenvalue weighted by atomic mass is 9.93. The molecular formula is C21H25F3N4O3. The molecule has 10 heteroatoms. The molecule has 168 valence electrons. The van der Waals surface area contributed by atoms with Crippen LogP contribution in [0.25, 0.3) is 0 Å². The number of alkyl halides is 3. The molecule has 1 aromatic carbocycles. The molecule has 1 aromatic heterocycles. The van der Waals surface area contributed by atoms with Gasteiger partial charge in [0, 0.05) is 19.2 Å². The molecule has 0 saturated heterocycles. The zero-order valence-corrected chi connectivity index (χ0v) is 17.2. The van der Waals surface area contributed by atoms with Crippen LogP contribution in [0.3, 0.4) is 0 Å². The predicted molar refractivity (Wildman–Crippen MR) is 107 cm³/mol. The van der Waals surface area contributed by atoms with Crippen LogP contribution in [-0.4, -0.2) is 45.9 Å². The first kappa shape index (κ1) is 22.8. The van der Waals surface area contributed by atoms with E-state index < -0.39 is 29.6 Å². The fourth-order valence-corrected chi connectivity index (χ4v) is 3.67. The average molecular weight is 438 g/mol. The number of amides is 2. The number of hydrogen-bond donors (Lipinski definition) is 3. The fourth-order valence-electron chi connectivity index (χ4n) is 3.67. The van der Waals surface area contributed by atoms with Crippen LogP contribution in [0.5, 0.6) is 0 Å². The van der Waals surface area contributed by atoms with Crippen molar-refractivity contribution in [1.29, 1.82) is 0 Å². The molecule has 7 nitrogen and oxygen atoms in total. The van der Waals surface area contributed by atoms with Crippen LogP contribution in [0.15, 0.2) is 30.3 Å². The molecular weight excluding hydrogens is 413 g/mol. The minimum Gasteiger partial charge on any atom is -0.393 e. The van der Waals surface area contributed by atoms with E-state index in [2.05, 4.69) is 15.7 Å². The van der Waals surface area contributed by atoms with Crippen molar-refractivity contribution in [2.75, 3.05) is 7.05 Å². The molecule has 1 atom stereocenters. The number of aliphatic hydroxyl groups is 1. The third-order valence-electron chi connectivity index (χ3n) is 5.55. The van der Waals surface area contributed by atoms with Crippen LogP contribution >= 0.6 is 0 Å². The summed E-state index contributed by atoms with van der Waals surface area (Å²) in [5.41, 5.74) is -0.0931. The molecule has 1 saturated carbocycles. The first-order valence-electron chi connectivity index (χ1n) is 10.1. The van der Waals surface area contributed by atoms with Gasteiger partial charge in [-0.1, -0.05) is 12.1 Å². The van der Waals surface area contributed by atoms with Crippen molar-refractivity contribution in [3.8, 4) is 0 Å². The third kappa shape index (κ3) is 5.25. The van der Waals surface area contributed by atoms with E-state index in [1.807, 2.05) is 0 Å². The molecule has 3 rings (SSSR count). The van der Waals surface area contributed by atoms with E-state index in [1.165, 1.54) is 29.9 Å². The second-order valence-electron chi connectivity index (χ2n) is 7.71. The second kappa shape index (κ2) is 9.09. The molecule has 2 aromatic rings. The van der Waals surface area contributed by atoms with Crippen LogP contribution in [0.1, 0.15) is 70.8 Å². The zero-order valence-electron chi connectivity index (χ0n) is 17.2. The highest BCUT2D eigenvalue weighted by atomic mass is 19.4. The van der Waals surface area contributed by atoms with E-state index in [0.29, 0.717) is 31.2 Å². The molecule has 1 fully saturated rings. The van der Waals surface area contributed by atoms with E-state index in [1.54, 1.807) is 6.92 Å². The number of rotatable bonds is 5. The van der Waals surface area contributed by atoms with Crippen molar-refractivity contribution in [3.63, 3.8) is 0 Å². The number of aliphatic hydroxyl groups excluding tert-OH is 1. The number of halogens is 3. The quantitative estimate of drug-likeness (QED) is 0.669. The molecule has 0 spiro atoms. The van der Waals surface area contributed by atoms with Crippen molar-refractivity contribution in [1.82, 2.24) is 20.4 Å². The molecule has 2 amide bonds. The summed E-state index contributed by atoms with van der Waals surface area (Å²) in [7, 11) is 1.44. The Morgan fingerprint density at radius 1 is 1.13 bits per heavy atom. The molecule has 3 N–H and O–H groups in total. The SMILES string of the molecule is CNC(=O)c1cc(C(=O)NC2CCC(O)CC2)n([C@@H](C)c2ccc(C(F)(F)F)cc2)n1. The van der Waals surface area contributed by atoms with Crippen molar-refractivity contribution in [3.05, 3.63) is 52.8 Å². The molecule has 31 heavy (non-hydrogen) atoms. The monoisotopic (exact) mass is 438 g/mol. The number of hydrogen-bond acceptors (Lipinski definition) is 4. The number of carbonyl (C=O) groups is 2. The Bertz CT molecular complexity index is 932. The Hall–Kier alpha value is -2.88. The minimum absolute atomic E-state index is 0.0329. The minimum atomic E-state index is -4.45. The van der Waals surface area contributed by atoms with E-state index >= 15 is 0 Å². The molecule has 1 aliphatic rings. The lowest BCUT2D eigenvalue weighted by Crippen LogP contribution is -2.39. The summed E-state index contributed by atoms with van der Waals surface area (Å²) in [4.78, 5) is 25.0. The summed E-state index contributed by atoms with van der Waals surface area (Å²) in [6.07, 6.45) is -2.35. The lowest BCUT2D eigenvalue weighted by Gasteiger charge is -2.26. The summed E-state index contributed by atoms with van der Waals surface area (Å²) in [6.45, 7) is 1.69. The van der Waals surface area contributed by atoms with Crippen LogP contribution in [-0.2, 0) is 6.18 Å². The maximum Gasteiger partial charge on any atom is 0.416 e.